The molecule has 108 valence electrons. The summed E-state index contributed by atoms with van der Waals surface area (Å²) in [5, 5.41) is 10.9. The monoisotopic (exact) mass is 275 g/mol. The molecule has 0 saturated carbocycles. The van der Waals surface area contributed by atoms with E-state index in [1.807, 2.05) is 12.1 Å². The first-order valence-corrected chi connectivity index (χ1v) is 7.29. The summed E-state index contributed by atoms with van der Waals surface area (Å²) in [4.78, 5) is 12.2. The van der Waals surface area contributed by atoms with Crippen LogP contribution < -0.4 is 4.90 Å². The Bertz CT molecular complexity index is 489. The lowest BCUT2D eigenvalue weighted by Crippen LogP contribution is -3.14. The number of para-hydroxylation sites is 1. The molecule has 1 aliphatic rings. The molecule has 0 aliphatic carbocycles. The minimum atomic E-state index is -0.322. The van der Waals surface area contributed by atoms with Gasteiger partial charge in [0, 0.05) is 17.9 Å². The van der Waals surface area contributed by atoms with Crippen LogP contribution in [-0.2, 0) is 0 Å². The number of nitrogens with zero attached hydrogens (tertiary/aromatic N) is 1. The maximum atomic E-state index is 10.9. The van der Waals surface area contributed by atoms with Crippen LogP contribution in [0.15, 0.2) is 30.3 Å². The number of rotatable bonds is 4. The Balaban J connectivity index is 1.98. The minimum Gasteiger partial charge on any atom is -0.331 e. The lowest BCUT2D eigenvalue weighted by Gasteiger charge is -2.31. The van der Waals surface area contributed by atoms with E-state index in [-0.39, 0.29) is 10.6 Å². The van der Waals surface area contributed by atoms with Crippen molar-refractivity contribution in [3.8, 4) is 0 Å². The summed E-state index contributed by atoms with van der Waals surface area (Å²) in [5.41, 5.74) is 0.870. The first-order chi connectivity index (χ1) is 9.56. The third-order valence-corrected chi connectivity index (χ3v) is 3.92. The van der Waals surface area contributed by atoms with E-state index in [0.717, 1.165) is 18.4 Å². The number of likely N-dealkylation sites (tertiary alicyclic amines) is 1. The van der Waals surface area contributed by atoms with Crippen molar-refractivity contribution in [1.29, 1.82) is 0 Å². The molecule has 1 aliphatic heterocycles. The van der Waals surface area contributed by atoms with Crippen molar-refractivity contribution >= 4 is 11.8 Å². The van der Waals surface area contributed by atoms with Gasteiger partial charge in [-0.1, -0.05) is 26.0 Å². The summed E-state index contributed by atoms with van der Waals surface area (Å²) in [6, 6.07) is 6.89. The third kappa shape index (κ3) is 3.90. The van der Waals surface area contributed by atoms with Crippen LogP contribution in [-0.4, -0.2) is 24.6 Å². The highest BCUT2D eigenvalue weighted by atomic mass is 16.6. The molecule has 1 N–H and O–H groups in total. The van der Waals surface area contributed by atoms with Crippen LogP contribution in [0.3, 0.4) is 0 Å². The van der Waals surface area contributed by atoms with E-state index in [4.69, 9.17) is 0 Å². The number of hydrogen-bond donors (Lipinski definition) is 1. The molecule has 0 amide bonds. The molecule has 1 heterocycles. The van der Waals surface area contributed by atoms with Crippen molar-refractivity contribution in [2.75, 3.05) is 19.6 Å². The Labute approximate surface area is 120 Å². The number of hydrogen-bond acceptors (Lipinski definition) is 2. The van der Waals surface area contributed by atoms with Gasteiger partial charge in [-0.05, 0) is 24.6 Å². The molecule has 1 aromatic carbocycles. The van der Waals surface area contributed by atoms with Crippen molar-refractivity contribution in [3.05, 3.63) is 46.0 Å². The largest absolute Gasteiger partial charge is 0.331 e. The zero-order valence-corrected chi connectivity index (χ0v) is 12.2. The molecular formula is C16H23N2O2+. The summed E-state index contributed by atoms with van der Waals surface area (Å²) in [7, 11) is 0. The number of piperidine rings is 1. The van der Waals surface area contributed by atoms with Crippen molar-refractivity contribution in [2.45, 2.75) is 20.3 Å². The van der Waals surface area contributed by atoms with Crippen LogP contribution in [0.4, 0.5) is 5.69 Å². The fourth-order valence-corrected chi connectivity index (χ4v) is 3.24. The van der Waals surface area contributed by atoms with Crippen LogP contribution in [0.5, 0.6) is 0 Å². The molecule has 4 nitrogen and oxygen atoms in total. The van der Waals surface area contributed by atoms with Gasteiger partial charge < -0.3 is 4.90 Å². The molecule has 2 rings (SSSR count). The van der Waals surface area contributed by atoms with Crippen molar-refractivity contribution in [1.82, 2.24) is 0 Å². The van der Waals surface area contributed by atoms with Crippen molar-refractivity contribution in [2.24, 2.45) is 11.8 Å². The lowest BCUT2D eigenvalue weighted by atomic mass is 9.92. The molecule has 4 heteroatoms. The van der Waals surface area contributed by atoms with E-state index in [1.165, 1.54) is 19.5 Å². The normalized spacial score (nSPS) is 26.8. The molecule has 1 unspecified atom stereocenters. The van der Waals surface area contributed by atoms with E-state index in [9.17, 15) is 10.1 Å². The SMILES string of the molecule is C[C@@H]1C[C@H](C)C[NH+](C/C=C/c2ccccc2[N+](=O)[O-])C1. The maximum absolute atomic E-state index is 10.9. The van der Waals surface area contributed by atoms with Gasteiger partial charge in [0.1, 0.15) is 0 Å². The Morgan fingerprint density at radius 2 is 1.95 bits per heavy atom. The third-order valence-electron chi connectivity index (χ3n) is 3.92. The molecule has 1 saturated heterocycles. The van der Waals surface area contributed by atoms with Gasteiger partial charge in [0.25, 0.3) is 5.69 Å². The van der Waals surface area contributed by atoms with E-state index >= 15 is 0 Å². The number of nitro groups is 1. The molecule has 0 spiro atoms. The van der Waals surface area contributed by atoms with Crippen LogP contribution >= 0.6 is 0 Å². The van der Waals surface area contributed by atoms with Gasteiger partial charge in [0.05, 0.1) is 30.1 Å². The van der Waals surface area contributed by atoms with Gasteiger partial charge in [-0.25, -0.2) is 0 Å². The highest BCUT2D eigenvalue weighted by Crippen LogP contribution is 2.18. The van der Waals surface area contributed by atoms with Crippen LogP contribution in [0.1, 0.15) is 25.8 Å². The summed E-state index contributed by atoms with van der Waals surface area (Å²) in [5.74, 6) is 1.54. The molecule has 0 radical (unpaired) electrons. The minimum absolute atomic E-state index is 0.180. The van der Waals surface area contributed by atoms with Crippen molar-refractivity contribution < 1.29 is 9.82 Å². The average molecular weight is 275 g/mol. The summed E-state index contributed by atoms with van der Waals surface area (Å²) in [6.07, 6.45) is 5.27. The Morgan fingerprint density at radius 1 is 1.30 bits per heavy atom. The van der Waals surface area contributed by atoms with E-state index < -0.39 is 0 Å². The zero-order chi connectivity index (χ0) is 14.5. The molecule has 3 atom stereocenters. The molecule has 1 aromatic rings. The number of nitro benzene ring substituents is 1. The molecule has 1 fully saturated rings. The van der Waals surface area contributed by atoms with Gasteiger partial charge in [0.2, 0.25) is 0 Å². The highest BCUT2D eigenvalue weighted by Gasteiger charge is 2.23. The summed E-state index contributed by atoms with van der Waals surface area (Å²) >= 11 is 0. The first kappa shape index (κ1) is 14.7. The van der Waals surface area contributed by atoms with Gasteiger partial charge in [-0.15, -0.1) is 0 Å². The van der Waals surface area contributed by atoms with Crippen LogP contribution in [0.2, 0.25) is 0 Å². The smallest absolute Gasteiger partial charge is 0.276 e. The van der Waals surface area contributed by atoms with Gasteiger partial charge in [0.15, 0.2) is 0 Å². The molecule has 20 heavy (non-hydrogen) atoms. The quantitative estimate of drug-likeness (QED) is 0.676. The zero-order valence-electron chi connectivity index (χ0n) is 12.2. The predicted octanol–water partition coefficient (Wildman–Crippen LogP) is 2.17. The van der Waals surface area contributed by atoms with Crippen LogP contribution in [0, 0.1) is 22.0 Å². The van der Waals surface area contributed by atoms with Crippen LogP contribution in [0.25, 0.3) is 6.08 Å². The fraction of sp³-hybridized carbons (Fsp3) is 0.500. The number of nitrogens with one attached hydrogen (secondary N) is 1. The Kier molecular flexibility index (Phi) is 4.90. The summed E-state index contributed by atoms with van der Waals surface area (Å²) in [6.45, 7) is 7.96. The van der Waals surface area contributed by atoms with Gasteiger partial charge in [-0.2, -0.15) is 0 Å². The highest BCUT2D eigenvalue weighted by molar-refractivity contribution is 5.60. The molecular weight excluding hydrogens is 252 g/mol. The second-order valence-electron chi connectivity index (χ2n) is 6.03. The molecule has 0 aromatic heterocycles. The van der Waals surface area contributed by atoms with Gasteiger partial charge >= 0.3 is 0 Å². The maximum Gasteiger partial charge on any atom is 0.276 e. The van der Waals surface area contributed by atoms with Crippen molar-refractivity contribution in [3.63, 3.8) is 0 Å². The Hall–Kier alpha value is -1.68. The molecule has 0 bridgehead atoms. The second-order valence-corrected chi connectivity index (χ2v) is 6.03. The fourth-order valence-electron chi connectivity index (χ4n) is 3.24. The Morgan fingerprint density at radius 3 is 2.60 bits per heavy atom. The van der Waals surface area contributed by atoms with E-state index in [2.05, 4.69) is 19.9 Å². The number of quaternary nitrogens is 1. The second kappa shape index (κ2) is 6.66. The first-order valence-electron chi connectivity index (χ1n) is 7.29. The van der Waals surface area contributed by atoms with E-state index in [1.54, 1.807) is 23.1 Å². The van der Waals surface area contributed by atoms with Gasteiger partial charge in [-0.3, -0.25) is 10.1 Å². The summed E-state index contributed by atoms with van der Waals surface area (Å²) < 4.78 is 0. The lowest BCUT2D eigenvalue weighted by molar-refractivity contribution is -0.906. The standard InChI is InChI=1S/C16H22N2O2/c1-13-10-14(2)12-17(11-13)9-5-7-15-6-3-4-8-16(15)18(19)20/h3-8,13-14H,9-12H2,1-2H3/p+1/b7-5+/t13-,14+. The van der Waals surface area contributed by atoms with E-state index in [0.29, 0.717) is 5.56 Å². The number of benzene rings is 1. The predicted molar refractivity (Wildman–Crippen MR) is 80.6 cm³/mol. The topological polar surface area (TPSA) is 47.6 Å². The average Bonchev–Trinajstić information content (AvgIpc) is 2.38.